The molecular weight excluding hydrogens is 158 g/mol. The lowest BCUT2D eigenvalue weighted by molar-refractivity contribution is 0.133. The van der Waals surface area contributed by atoms with Crippen LogP contribution in [-0.4, -0.2) is 6.04 Å². The lowest BCUT2D eigenvalue weighted by Gasteiger charge is -2.41. The van der Waals surface area contributed by atoms with Gasteiger partial charge < -0.3 is 5.73 Å². The molecule has 2 N–H and O–H groups in total. The van der Waals surface area contributed by atoms with Crippen LogP contribution in [0.15, 0.2) is 0 Å². The number of nitrogens with two attached hydrogens (primary N) is 1. The molecule has 78 valence electrons. The number of hydrogen-bond acceptors (Lipinski definition) is 1. The Bertz CT molecular complexity index is 147. The van der Waals surface area contributed by atoms with Crippen molar-refractivity contribution in [1.82, 2.24) is 0 Å². The first-order chi connectivity index (χ1) is 6.10. The second-order valence-electron chi connectivity index (χ2n) is 5.13. The molecule has 1 fully saturated rings. The van der Waals surface area contributed by atoms with E-state index in [-0.39, 0.29) is 0 Å². The fraction of sp³-hybridized carbons (Fsp3) is 1.00. The summed E-state index contributed by atoms with van der Waals surface area (Å²) in [4.78, 5) is 0. The van der Waals surface area contributed by atoms with E-state index in [0.717, 1.165) is 0 Å². The van der Waals surface area contributed by atoms with E-state index in [1.54, 1.807) is 0 Å². The molecule has 0 amide bonds. The van der Waals surface area contributed by atoms with Crippen molar-refractivity contribution in [3.05, 3.63) is 0 Å². The molecule has 0 saturated heterocycles. The summed E-state index contributed by atoms with van der Waals surface area (Å²) >= 11 is 0. The topological polar surface area (TPSA) is 26.0 Å². The maximum atomic E-state index is 6.34. The monoisotopic (exact) mass is 183 g/mol. The van der Waals surface area contributed by atoms with Gasteiger partial charge in [-0.05, 0) is 24.2 Å². The average molecular weight is 183 g/mol. The van der Waals surface area contributed by atoms with Gasteiger partial charge in [-0.15, -0.1) is 0 Å². The third-order valence-corrected chi connectivity index (χ3v) is 4.06. The molecule has 0 heterocycles. The summed E-state index contributed by atoms with van der Waals surface area (Å²) in [6, 6.07) is 0.415. The lowest BCUT2D eigenvalue weighted by atomic mass is 9.67. The summed E-state index contributed by atoms with van der Waals surface area (Å²) in [5, 5.41) is 0. The summed E-state index contributed by atoms with van der Waals surface area (Å²) in [7, 11) is 0. The zero-order chi connectivity index (χ0) is 9.90. The molecule has 0 aromatic rings. The molecule has 2 unspecified atom stereocenters. The van der Waals surface area contributed by atoms with Crippen LogP contribution in [-0.2, 0) is 0 Å². The van der Waals surface area contributed by atoms with Gasteiger partial charge in [0.1, 0.15) is 0 Å². The molecule has 0 aromatic heterocycles. The molecule has 0 spiro atoms. The van der Waals surface area contributed by atoms with Crippen LogP contribution in [0.5, 0.6) is 0 Å². The van der Waals surface area contributed by atoms with Crippen molar-refractivity contribution in [3.8, 4) is 0 Å². The summed E-state index contributed by atoms with van der Waals surface area (Å²) in [5.41, 5.74) is 6.77. The molecule has 1 rings (SSSR count). The standard InChI is InChI=1S/C12H25N/c1-4-10(2)11(13)12(3)8-6-5-7-9-12/h10-11H,4-9,13H2,1-3H3. The van der Waals surface area contributed by atoms with Crippen molar-refractivity contribution in [3.63, 3.8) is 0 Å². The van der Waals surface area contributed by atoms with Crippen LogP contribution in [0.2, 0.25) is 0 Å². The van der Waals surface area contributed by atoms with E-state index >= 15 is 0 Å². The minimum absolute atomic E-state index is 0.415. The second-order valence-corrected chi connectivity index (χ2v) is 5.13. The molecule has 1 nitrogen and oxygen atoms in total. The highest BCUT2D eigenvalue weighted by molar-refractivity contribution is 4.90. The average Bonchev–Trinajstić information content (AvgIpc) is 2.16. The third-order valence-electron chi connectivity index (χ3n) is 4.06. The van der Waals surface area contributed by atoms with Gasteiger partial charge in [-0.2, -0.15) is 0 Å². The molecular formula is C12H25N. The van der Waals surface area contributed by atoms with Gasteiger partial charge in [-0.1, -0.05) is 46.5 Å². The molecule has 13 heavy (non-hydrogen) atoms. The van der Waals surface area contributed by atoms with Crippen LogP contribution in [0.3, 0.4) is 0 Å². The third kappa shape index (κ3) is 2.46. The van der Waals surface area contributed by atoms with E-state index < -0.39 is 0 Å². The minimum atomic E-state index is 0.415. The number of rotatable bonds is 3. The molecule has 2 atom stereocenters. The quantitative estimate of drug-likeness (QED) is 0.713. The van der Waals surface area contributed by atoms with Crippen molar-refractivity contribution in [2.45, 2.75) is 65.3 Å². The fourth-order valence-electron chi connectivity index (χ4n) is 2.63. The molecule has 0 radical (unpaired) electrons. The van der Waals surface area contributed by atoms with E-state index in [4.69, 9.17) is 5.73 Å². The summed E-state index contributed by atoms with van der Waals surface area (Å²) < 4.78 is 0. The fourth-order valence-corrected chi connectivity index (χ4v) is 2.63. The maximum Gasteiger partial charge on any atom is 0.0119 e. The van der Waals surface area contributed by atoms with Gasteiger partial charge in [0.15, 0.2) is 0 Å². The van der Waals surface area contributed by atoms with Crippen LogP contribution in [0.4, 0.5) is 0 Å². The van der Waals surface area contributed by atoms with Gasteiger partial charge in [0.05, 0.1) is 0 Å². The second kappa shape index (κ2) is 4.45. The van der Waals surface area contributed by atoms with E-state index in [0.29, 0.717) is 17.4 Å². The van der Waals surface area contributed by atoms with Gasteiger partial charge in [0.25, 0.3) is 0 Å². The molecule has 1 aliphatic rings. The smallest absolute Gasteiger partial charge is 0.0119 e. The zero-order valence-electron chi connectivity index (χ0n) is 9.47. The van der Waals surface area contributed by atoms with Crippen LogP contribution >= 0.6 is 0 Å². The molecule has 1 heteroatoms. The molecule has 1 aliphatic carbocycles. The Morgan fingerprint density at radius 1 is 1.23 bits per heavy atom. The predicted molar refractivity (Wildman–Crippen MR) is 58.6 cm³/mol. The van der Waals surface area contributed by atoms with Gasteiger partial charge >= 0.3 is 0 Å². The Balaban J connectivity index is 2.55. The van der Waals surface area contributed by atoms with Crippen molar-refractivity contribution < 1.29 is 0 Å². The van der Waals surface area contributed by atoms with E-state index in [1.165, 1.54) is 38.5 Å². The van der Waals surface area contributed by atoms with E-state index in [1.807, 2.05) is 0 Å². The SMILES string of the molecule is CCC(C)C(N)C1(C)CCCCC1. The molecule has 0 aromatic carbocycles. The van der Waals surface area contributed by atoms with Gasteiger partial charge in [0, 0.05) is 6.04 Å². The van der Waals surface area contributed by atoms with Crippen molar-refractivity contribution in [1.29, 1.82) is 0 Å². The van der Waals surface area contributed by atoms with Gasteiger partial charge in [-0.3, -0.25) is 0 Å². The summed E-state index contributed by atoms with van der Waals surface area (Å²) in [6.07, 6.45) is 8.11. The first-order valence-corrected chi connectivity index (χ1v) is 5.86. The lowest BCUT2D eigenvalue weighted by Crippen LogP contribution is -2.45. The Labute approximate surface area is 83.1 Å². The molecule has 0 aliphatic heterocycles. The van der Waals surface area contributed by atoms with Crippen molar-refractivity contribution >= 4 is 0 Å². The van der Waals surface area contributed by atoms with Crippen LogP contribution in [0, 0.1) is 11.3 Å². The first kappa shape index (κ1) is 11.0. The zero-order valence-corrected chi connectivity index (χ0v) is 9.47. The Hall–Kier alpha value is -0.0400. The van der Waals surface area contributed by atoms with Crippen LogP contribution < -0.4 is 5.73 Å². The van der Waals surface area contributed by atoms with E-state index in [2.05, 4.69) is 20.8 Å². The van der Waals surface area contributed by atoms with Gasteiger partial charge in [-0.25, -0.2) is 0 Å². The Morgan fingerprint density at radius 2 is 1.77 bits per heavy atom. The number of hydrogen-bond donors (Lipinski definition) is 1. The predicted octanol–water partition coefficient (Wildman–Crippen LogP) is 3.33. The first-order valence-electron chi connectivity index (χ1n) is 5.86. The highest BCUT2D eigenvalue weighted by atomic mass is 14.7. The Morgan fingerprint density at radius 3 is 2.23 bits per heavy atom. The summed E-state index contributed by atoms with van der Waals surface area (Å²) in [5.74, 6) is 0.683. The molecule has 1 saturated carbocycles. The maximum absolute atomic E-state index is 6.34. The molecule has 0 bridgehead atoms. The highest BCUT2D eigenvalue weighted by Gasteiger charge is 2.35. The normalized spacial score (nSPS) is 26.8. The van der Waals surface area contributed by atoms with Gasteiger partial charge in [0.2, 0.25) is 0 Å². The Kier molecular flexibility index (Phi) is 3.78. The minimum Gasteiger partial charge on any atom is -0.327 e. The largest absolute Gasteiger partial charge is 0.327 e. The van der Waals surface area contributed by atoms with Crippen molar-refractivity contribution in [2.75, 3.05) is 0 Å². The highest BCUT2D eigenvalue weighted by Crippen LogP contribution is 2.40. The summed E-state index contributed by atoms with van der Waals surface area (Å²) in [6.45, 7) is 6.93. The van der Waals surface area contributed by atoms with E-state index in [9.17, 15) is 0 Å². The van der Waals surface area contributed by atoms with Crippen LogP contribution in [0.1, 0.15) is 59.3 Å². The van der Waals surface area contributed by atoms with Crippen molar-refractivity contribution in [2.24, 2.45) is 17.1 Å². The van der Waals surface area contributed by atoms with Crippen LogP contribution in [0.25, 0.3) is 0 Å².